The minimum Gasteiger partial charge on any atom is -0.495 e. The number of nitrogen functional groups attached to an aromatic ring is 1. The Kier molecular flexibility index (Phi) is 5.55. The third-order valence-corrected chi connectivity index (χ3v) is 4.62. The van der Waals surface area contributed by atoms with Crippen molar-refractivity contribution in [2.24, 2.45) is 0 Å². The number of nitrogens with one attached hydrogen (secondary N) is 1. The van der Waals surface area contributed by atoms with Gasteiger partial charge in [0.2, 0.25) is 5.91 Å². The summed E-state index contributed by atoms with van der Waals surface area (Å²) in [5.41, 5.74) is 6.99. The second kappa shape index (κ2) is 8.02. The van der Waals surface area contributed by atoms with Crippen LogP contribution in [0.1, 0.15) is 6.42 Å². The summed E-state index contributed by atoms with van der Waals surface area (Å²) in [6.45, 7) is 1.14. The van der Waals surface area contributed by atoms with Gasteiger partial charge in [-0.3, -0.25) is 4.79 Å². The number of nitrogens with two attached hydrogens (primary N) is 1. The van der Waals surface area contributed by atoms with Crippen molar-refractivity contribution in [3.63, 3.8) is 0 Å². The fraction of sp³-hybridized carbons (Fsp3) is 0.278. The number of thioether (sulfide) groups is 1. The molecule has 3 rings (SSSR count). The molecule has 0 unspecified atom stereocenters. The Hall–Kier alpha value is -2.54. The van der Waals surface area contributed by atoms with E-state index in [0.717, 1.165) is 16.4 Å². The van der Waals surface area contributed by atoms with E-state index >= 15 is 0 Å². The molecule has 0 atom stereocenters. The lowest BCUT2D eigenvalue weighted by Gasteiger charge is -2.18. The molecule has 2 aromatic carbocycles. The van der Waals surface area contributed by atoms with E-state index in [1.165, 1.54) is 0 Å². The monoisotopic (exact) mass is 360 g/mol. The van der Waals surface area contributed by atoms with Crippen molar-refractivity contribution in [1.29, 1.82) is 0 Å². The highest BCUT2D eigenvalue weighted by Crippen LogP contribution is 2.34. The minimum atomic E-state index is -0.0605. The standard InChI is InChI=1S/C18H20N2O4S/c1-22-15-4-2-12(10-14(15)19)20-18(21)6-9-25-13-3-5-16-17(11-13)24-8-7-23-16/h2-5,10-11H,6-9,19H2,1H3,(H,20,21). The van der Waals surface area contributed by atoms with Crippen molar-refractivity contribution in [1.82, 2.24) is 0 Å². The maximum absolute atomic E-state index is 12.1. The molecule has 0 saturated heterocycles. The zero-order valence-corrected chi connectivity index (χ0v) is 14.7. The van der Waals surface area contributed by atoms with Gasteiger partial charge in [-0.15, -0.1) is 11.8 Å². The van der Waals surface area contributed by atoms with Crippen molar-refractivity contribution in [2.75, 3.05) is 37.1 Å². The van der Waals surface area contributed by atoms with Gasteiger partial charge in [0, 0.05) is 22.8 Å². The van der Waals surface area contributed by atoms with Gasteiger partial charge in [-0.25, -0.2) is 0 Å². The molecule has 0 aromatic heterocycles. The van der Waals surface area contributed by atoms with E-state index in [-0.39, 0.29) is 5.91 Å². The first-order chi connectivity index (χ1) is 12.2. The molecule has 1 heterocycles. The number of hydrogen-bond acceptors (Lipinski definition) is 6. The Bertz CT molecular complexity index is 767. The van der Waals surface area contributed by atoms with E-state index in [1.54, 1.807) is 37.1 Å². The summed E-state index contributed by atoms with van der Waals surface area (Å²) in [5.74, 6) is 2.72. The molecule has 1 aliphatic rings. The van der Waals surface area contributed by atoms with Crippen LogP contribution in [-0.4, -0.2) is 32.0 Å². The van der Waals surface area contributed by atoms with E-state index in [9.17, 15) is 4.79 Å². The second-order valence-electron chi connectivity index (χ2n) is 5.41. The first-order valence-corrected chi connectivity index (χ1v) is 8.90. The Morgan fingerprint density at radius 1 is 1.20 bits per heavy atom. The SMILES string of the molecule is COc1ccc(NC(=O)CCSc2ccc3c(c2)OCCO3)cc1N. The quantitative estimate of drug-likeness (QED) is 0.608. The van der Waals surface area contributed by atoms with Gasteiger partial charge in [-0.1, -0.05) is 0 Å². The molecule has 0 radical (unpaired) electrons. The zero-order chi connectivity index (χ0) is 17.6. The van der Waals surface area contributed by atoms with Gasteiger partial charge >= 0.3 is 0 Å². The Labute approximate surface area is 150 Å². The van der Waals surface area contributed by atoms with Gasteiger partial charge in [0.15, 0.2) is 11.5 Å². The van der Waals surface area contributed by atoms with Crippen LogP contribution in [0.4, 0.5) is 11.4 Å². The second-order valence-corrected chi connectivity index (χ2v) is 6.58. The lowest BCUT2D eigenvalue weighted by atomic mass is 10.2. The number of fused-ring (bicyclic) bond motifs is 1. The van der Waals surface area contributed by atoms with Crippen LogP contribution in [0.3, 0.4) is 0 Å². The van der Waals surface area contributed by atoms with Crippen LogP contribution in [-0.2, 0) is 4.79 Å². The molecule has 1 aliphatic heterocycles. The summed E-state index contributed by atoms with van der Waals surface area (Å²) in [6, 6.07) is 11.0. The average Bonchev–Trinajstić information content (AvgIpc) is 2.62. The topological polar surface area (TPSA) is 82.8 Å². The molecule has 132 valence electrons. The summed E-state index contributed by atoms with van der Waals surface area (Å²) in [5, 5.41) is 2.84. The summed E-state index contributed by atoms with van der Waals surface area (Å²) in [6.07, 6.45) is 0.394. The number of benzene rings is 2. The van der Waals surface area contributed by atoms with Crippen LogP contribution >= 0.6 is 11.8 Å². The first-order valence-electron chi connectivity index (χ1n) is 7.91. The largest absolute Gasteiger partial charge is 0.495 e. The average molecular weight is 360 g/mol. The minimum absolute atomic E-state index is 0.0605. The van der Waals surface area contributed by atoms with Gasteiger partial charge < -0.3 is 25.3 Å². The smallest absolute Gasteiger partial charge is 0.225 e. The Morgan fingerprint density at radius 3 is 2.76 bits per heavy atom. The van der Waals surface area contributed by atoms with E-state index in [1.807, 2.05) is 18.2 Å². The molecule has 0 saturated carbocycles. The van der Waals surface area contributed by atoms with Crippen LogP contribution in [0.15, 0.2) is 41.3 Å². The number of carbonyl (C=O) groups excluding carboxylic acids is 1. The normalized spacial score (nSPS) is 12.5. The Morgan fingerprint density at radius 2 is 2.00 bits per heavy atom. The predicted octanol–water partition coefficient (Wildman–Crippen LogP) is 3.17. The number of amides is 1. The molecular weight excluding hydrogens is 340 g/mol. The summed E-state index contributed by atoms with van der Waals surface area (Å²) in [4.78, 5) is 13.1. The molecule has 0 spiro atoms. The maximum Gasteiger partial charge on any atom is 0.225 e. The van der Waals surface area contributed by atoms with Gasteiger partial charge in [0.05, 0.1) is 12.8 Å². The summed E-state index contributed by atoms with van der Waals surface area (Å²) in [7, 11) is 1.55. The molecule has 3 N–H and O–H groups in total. The summed E-state index contributed by atoms with van der Waals surface area (Å²) >= 11 is 1.60. The van der Waals surface area contributed by atoms with Crippen LogP contribution in [0, 0.1) is 0 Å². The fourth-order valence-corrected chi connectivity index (χ4v) is 3.29. The van der Waals surface area contributed by atoms with Crippen molar-refractivity contribution >= 4 is 29.0 Å². The zero-order valence-electron chi connectivity index (χ0n) is 13.9. The number of anilines is 2. The van der Waals surface area contributed by atoms with Gasteiger partial charge in [0.25, 0.3) is 0 Å². The molecule has 25 heavy (non-hydrogen) atoms. The molecule has 6 nitrogen and oxygen atoms in total. The first kappa shape index (κ1) is 17.3. The highest BCUT2D eigenvalue weighted by Gasteiger charge is 2.12. The lowest BCUT2D eigenvalue weighted by Crippen LogP contribution is -2.15. The van der Waals surface area contributed by atoms with E-state index in [0.29, 0.717) is 42.5 Å². The van der Waals surface area contributed by atoms with Crippen LogP contribution in [0.5, 0.6) is 17.2 Å². The number of rotatable bonds is 6. The predicted molar refractivity (Wildman–Crippen MR) is 98.8 cm³/mol. The van der Waals surface area contributed by atoms with E-state index in [4.69, 9.17) is 19.9 Å². The van der Waals surface area contributed by atoms with Crippen molar-refractivity contribution in [3.05, 3.63) is 36.4 Å². The van der Waals surface area contributed by atoms with Gasteiger partial charge in [0.1, 0.15) is 19.0 Å². The number of carbonyl (C=O) groups is 1. The lowest BCUT2D eigenvalue weighted by molar-refractivity contribution is -0.115. The van der Waals surface area contributed by atoms with E-state index < -0.39 is 0 Å². The maximum atomic E-state index is 12.1. The molecule has 1 amide bonds. The van der Waals surface area contributed by atoms with Gasteiger partial charge in [-0.2, -0.15) is 0 Å². The number of methoxy groups -OCH3 is 1. The number of ether oxygens (including phenoxy) is 3. The molecule has 0 aliphatic carbocycles. The molecular formula is C18H20N2O4S. The molecule has 0 bridgehead atoms. The van der Waals surface area contributed by atoms with Gasteiger partial charge in [-0.05, 0) is 36.4 Å². The van der Waals surface area contributed by atoms with Crippen molar-refractivity contribution in [3.8, 4) is 17.2 Å². The number of hydrogen-bond donors (Lipinski definition) is 2. The fourth-order valence-electron chi connectivity index (χ4n) is 2.41. The van der Waals surface area contributed by atoms with Crippen LogP contribution < -0.4 is 25.3 Å². The highest BCUT2D eigenvalue weighted by atomic mass is 32.2. The Balaban J connectivity index is 1.48. The van der Waals surface area contributed by atoms with E-state index in [2.05, 4.69) is 5.32 Å². The molecule has 0 fully saturated rings. The van der Waals surface area contributed by atoms with Crippen molar-refractivity contribution < 1.29 is 19.0 Å². The van der Waals surface area contributed by atoms with Crippen molar-refractivity contribution in [2.45, 2.75) is 11.3 Å². The third-order valence-electron chi connectivity index (χ3n) is 3.62. The summed E-state index contributed by atoms with van der Waals surface area (Å²) < 4.78 is 16.2. The molecule has 7 heteroatoms. The third kappa shape index (κ3) is 4.51. The molecule has 2 aromatic rings. The highest BCUT2D eigenvalue weighted by molar-refractivity contribution is 7.99. The van der Waals surface area contributed by atoms with Crippen LogP contribution in [0.2, 0.25) is 0 Å². The van der Waals surface area contributed by atoms with Crippen LogP contribution in [0.25, 0.3) is 0 Å².